The molecule has 4 heteroatoms. The van der Waals surface area contributed by atoms with Crippen molar-refractivity contribution in [3.8, 4) is 0 Å². The van der Waals surface area contributed by atoms with Crippen LogP contribution in [0.5, 0.6) is 0 Å². The summed E-state index contributed by atoms with van der Waals surface area (Å²) in [6, 6.07) is 1.78. The Morgan fingerprint density at radius 1 is 1.47 bits per heavy atom. The Bertz CT molecular complexity index is 599. The fourth-order valence-electron chi connectivity index (χ4n) is 1.73. The second kappa shape index (κ2) is 3.31. The van der Waals surface area contributed by atoms with E-state index in [1.165, 1.54) is 6.92 Å². The van der Waals surface area contributed by atoms with Crippen molar-refractivity contribution >= 4 is 16.7 Å². The highest BCUT2D eigenvalue weighted by Crippen LogP contribution is 2.15. The molecule has 2 aromatic rings. The molecule has 0 spiro atoms. The number of aromatic nitrogens is 2. The van der Waals surface area contributed by atoms with Crippen LogP contribution < -0.4 is 5.56 Å². The molecule has 0 bridgehead atoms. The molecule has 0 fully saturated rings. The van der Waals surface area contributed by atoms with E-state index in [2.05, 4.69) is 9.97 Å². The first-order chi connectivity index (χ1) is 7.11. The van der Waals surface area contributed by atoms with E-state index in [1.54, 1.807) is 25.4 Å². The molecule has 1 N–H and O–H groups in total. The van der Waals surface area contributed by atoms with Crippen molar-refractivity contribution in [1.82, 2.24) is 9.97 Å². The number of carbonyl (C=O) groups is 1. The Balaban J connectivity index is 2.97. The van der Waals surface area contributed by atoms with Gasteiger partial charge in [-0.15, -0.1) is 0 Å². The van der Waals surface area contributed by atoms with Crippen LogP contribution in [0, 0.1) is 6.92 Å². The summed E-state index contributed by atoms with van der Waals surface area (Å²) in [5, 5.41) is 0.856. The average molecular weight is 202 g/mol. The number of carbonyl (C=O) groups excluding carboxylic acids is 1. The minimum atomic E-state index is -0.347. The first kappa shape index (κ1) is 9.58. The maximum absolute atomic E-state index is 11.6. The molecule has 0 atom stereocenters. The van der Waals surface area contributed by atoms with E-state index in [1.807, 2.05) is 0 Å². The zero-order chi connectivity index (χ0) is 11.0. The van der Waals surface area contributed by atoms with E-state index < -0.39 is 0 Å². The van der Waals surface area contributed by atoms with Crippen molar-refractivity contribution in [3.63, 3.8) is 0 Å². The summed E-state index contributed by atoms with van der Waals surface area (Å²) in [5.74, 6) is -0.215. The molecule has 0 saturated heterocycles. The maximum Gasteiger partial charge on any atom is 0.259 e. The summed E-state index contributed by atoms with van der Waals surface area (Å²) in [7, 11) is 0. The number of aryl methyl sites for hydroxylation is 1. The lowest BCUT2D eigenvalue weighted by molar-refractivity contribution is 0.101. The molecule has 0 unspecified atom stereocenters. The molecule has 2 aromatic heterocycles. The topological polar surface area (TPSA) is 62.8 Å². The number of H-pyrrole nitrogens is 1. The number of aromatic amines is 1. The van der Waals surface area contributed by atoms with Crippen LogP contribution in [0.4, 0.5) is 0 Å². The average Bonchev–Trinajstić information content (AvgIpc) is 2.17. The van der Waals surface area contributed by atoms with Crippen molar-refractivity contribution in [3.05, 3.63) is 39.9 Å². The number of nitrogens with zero attached hydrogens (tertiary/aromatic N) is 1. The standard InChI is InChI=1S/C11H10N2O2/c1-6-8-3-4-12-5-9(8)13-11(15)10(6)7(2)14/h3-5H,1-2H3,(H,13,15). The molecule has 0 aromatic carbocycles. The zero-order valence-electron chi connectivity index (χ0n) is 8.50. The van der Waals surface area contributed by atoms with Gasteiger partial charge >= 0.3 is 0 Å². The molecule has 76 valence electrons. The Morgan fingerprint density at radius 3 is 2.87 bits per heavy atom. The number of fused-ring (bicyclic) bond motifs is 1. The van der Waals surface area contributed by atoms with Gasteiger partial charge in [0, 0.05) is 11.6 Å². The maximum atomic E-state index is 11.6. The number of nitrogens with one attached hydrogen (secondary N) is 1. The Morgan fingerprint density at radius 2 is 2.20 bits per heavy atom. The largest absolute Gasteiger partial charge is 0.320 e. The molecule has 0 saturated carbocycles. The Hall–Kier alpha value is -1.97. The van der Waals surface area contributed by atoms with Crippen LogP contribution >= 0.6 is 0 Å². The summed E-state index contributed by atoms with van der Waals surface area (Å²) < 4.78 is 0. The normalized spacial score (nSPS) is 10.5. The van der Waals surface area contributed by atoms with Crippen LogP contribution in [-0.4, -0.2) is 15.8 Å². The van der Waals surface area contributed by atoms with Gasteiger partial charge in [-0.3, -0.25) is 14.6 Å². The highest BCUT2D eigenvalue weighted by atomic mass is 16.1. The SMILES string of the molecule is CC(=O)c1c(C)c2ccncc2[nH]c1=O. The number of ketones is 1. The fourth-order valence-corrected chi connectivity index (χ4v) is 1.73. The first-order valence-electron chi connectivity index (χ1n) is 4.59. The van der Waals surface area contributed by atoms with Crippen LogP contribution in [0.1, 0.15) is 22.8 Å². The number of rotatable bonds is 1. The summed E-state index contributed by atoms with van der Waals surface area (Å²) in [6.45, 7) is 3.17. The molecular weight excluding hydrogens is 192 g/mol. The van der Waals surface area contributed by atoms with Crippen molar-refractivity contribution in [1.29, 1.82) is 0 Å². The summed E-state index contributed by atoms with van der Waals surface area (Å²) in [5.41, 5.74) is 1.25. The molecule has 4 nitrogen and oxygen atoms in total. The van der Waals surface area contributed by atoms with Crippen LogP contribution in [0.2, 0.25) is 0 Å². The van der Waals surface area contributed by atoms with Crippen LogP contribution in [0.3, 0.4) is 0 Å². The number of pyridine rings is 2. The third-order valence-electron chi connectivity index (χ3n) is 2.43. The van der Waals surface area contributed by atoms with E-state index >= 15 is 0 Å². The van der Waals surface area contributed by atoms with Gasteiger partial charge < -0.3 is 4.98 Å². The molecule has 0 radical (unpaired) electrons. The third kappa shape index (κ3) is 1.44. The molecule has 2 heterocycles. The van der Waals surface area contributed by atoms with E-state index in [4.69, 9.17) is 0 Å². The summed E-state index contributed by atoms with van der Waals surface area (Å²) in [6.07, 6.45) is 3.21. The van der Waals surface area contributed by atoms with E-state index in [0.29, 0.717) is 11.1 Å². The van der Waals surface area contributed by atoms with Gasteiger partial charge in [-0.1, -0.05) is 0 Å². The van der Waals surface area contributed by atoms with Crippen LogP contribution in [0.25, 0.3) is 10.9 Å². The summed E-state index contributed by atoms with van der Waals surface area (Å²) in [4.78, 5) is 29.4. The predicted molar refractivity (Wildman–Crippen MR) is 57.1 cm³/mol. The lowest BCUT2D eigenvalue weighted by atomic mass is 10.0. The monoisotopic (exact) mass is 202 g/mol. The van der Waals surface area contributed by atoms with Gasteiger partial charge in [-0.05, 0) is 25.5 Å². The smallest absolute Gasteiger partial charge is 0.259 e. The Labute approximate surface area is 86.0 Å². The van der Waals surface area contributed by atoms with Gasteiger partial charge in [0.05, 0.1) is 17.3 Å². The second-order valence-corrected chi connectivity index (χ2v) is 3.43. The predicted octanol–water partition coefficient (Wildman–Crippen LogP) is 1.43. The molecule has 15 heavy (non-hydrogen) atoms. The van der Waals surface area contributed by atoms with Crippen LogP contribution in [-0.2, 0) is 0 Å². The molecule has 0 aliphatic rings. The van der Waals surface area contributed by atoms with Crippen LogP contribution in [0.15, 0.2) is 23.3 Å². The first-order valence-corrected chi connectivity index (χ1v) is 4.59. The van der Waals surface area contributed by atoms with Crippen molar-refractivity contribution in [2.24, 2.45) is 0 Å². The highest BCUT2D eigenvalue weighted by Gasteiger charge is 2.12. The number of hydrogen-bond donors (Lipinski definition) is 1. The van der Waals surface area contributed by atoms with Gasteiger partial charge in [0.1, 0.15) is 0 Å². The van der Waals surface area contributed by atoms with Crippen molar-refractivity contribution < 1.29 is 4.79 Å². The quantitative estimate of drug-likeness (QED) is 0.711. The Kier molecular flexibility index (Phi) is 2.11. The van der Waals surface area contributed by atoms with Gasteiger partial charge in [0.2, 0.25) is 0 Å². The molecule has 0 aliphatic carbocycles. The lowest BCUT2D eigenvalue weighted by Crippen LogP contribution is -2.18. The molecule has 0 aliphatic heterocycles. The minimum absolute atomic E-state index is 0.215. The van der Waals surface area contributed by atoms with Gasteiger partial charge in [0.15, 0.2) is 5.78 Å². The van der Waals surface area contributed by atoms with E-state index in [-0.39, 0.29) is 16.9 Å². The third-order valence-corrected chi connectivity index (χ3v) is 2.43. The minimum Gasteiger partial charge on any atom is -0.320 e. The van der Waals surface area contributed by atoms with Gasteiger partial charge in [0.25, 0.3) is 5.56 Å². The fraction of sp³-hybridized carbons (Fsp3) is 0.182. The van der Waals surface area contributed by atoms with E-state index in [9.17, 15) is 9.59 Å². The zero-order valence-corrected chi connectivity index (χ0v) is 8.50. The number of Topliss-reactive ketones (excluding diaryl/α,β-unsaturated/α-hetero) is 1. The van der Waals surface area contributed by atoms with E-state index in [0.717, 1.165) is 5.39 Å². The number of hydrogen-bond acceptors (Lipinski definition) is 3. The van der Waals surface area contributed by atoms with Gasteiger partial charge in [-0.2, -0.15) is 0 Å². The van der Waals surface area contributed by atoms with Crippen molar-refractivity contribution in [2.75, 3.05) is 0 Å². The lowest BCUT2D eigenvalue weighted by Gasteiger charge is -2.04. The second-order valence-electron chi connectivity index (χ2n) is 3.43. The molecule has 2 rings (SSSR count). The van der Waals surface area contributed by atoms with Gasteiger partial charge in [-0.25, -0.2) is 0 Å². The van der Waals surface area contributed by atoms with Crippen molar-refractivity contribution in [2.45, 2.75) is 13.8 Å². The highest BCUT2D eigenvalue weighted by molar-refractivity contribution is 5.99. The molecular formula is C11H10N2O2. The summed E-state index contributed by atoms with van der Waals surface area (Å²) >= 11 is 0. The molecule has 0 amide bonds.